The smallest absolute Gasteiger partial charge is 0.0611 e. The number of benzene rings is 1. The molecule has 0 N–H and O–H groups in total. The molecule has 0 aliphatic carbocycles. The highest BCUT2D eigenvalue weighted by Gasteiger charge is 1.94. The van der Waals surface area contributed by atoms with Crippen LogP contribution in [0, 0.1) is 12.0 Å². The SMILES string of the molecule is CC#Cn1ccc2ccccc21. The van der Waals surface area contributed by atoms with Crippen LogP contribution in [-0.4, -0.2) is 4.57 Å². The van der Waals surface area contributed by atoms with Crippen molar-refractivity contribution in [2.24, 2.45) is 0 Å². The summed E-state index contributed by atoms with van der Waals surface area (Å²) in [5.74, 6) is 2.88. The van der Waals surface area contributed by atoms with Crippen molar-refractivity contribution < 1.29 is 0 Å². The summed E-state index contributed by atoms with van der Waals surface area (Å²) in [6, 6.07) is 13.3. The third-order valence-electron chi connectivity index (χ3n) is 1.83. The zero-order valence-electron chi connectivity index (χ0n) is 6.91. The van der Waals surface area contributed by atoms with Gasteiger partial charge in [-0.05, 0) is 19.1 Å². The Hall–Kier alpha value is -1.68. The van der Waals surface area contributed by atoms with Gasteiger partial charge in [-0.3, -0.25) is 4.57 Å². The standard InChI is InChI=1S/C11H9N/c1-2-8-12-9-7-10-5-3-4-6-11(10)12/h3-7,9H,1H3. The molecule has 0 bridgehead atoms. The molecule has 2 aromatic rings. The zero-order valence-corrected chi connectivity index (χ0v) is 6.91. The van der Waals surface area contributed by atoms with Gasteiger partial charge in [0, 0.05) is 17.6 Å². The van der Waals surface area contributed by atoms with E-state index in [0.717, 1.165) is 0 Å². The van der Waals surface area contributed by atoms with Gasteiger partial charge in [-0.2, -0.15) is 0 Å². The summed E-state index contributed by atoms with van der Waals surface area (Å²) in [4.78, 5) is 0. The van der Waals surface area contributed by atoms with Crippen LogP contribution >= 0.6 is 0 Å². The lowest BCUT2D eigenvalue weighted by molar-refractivity contribution is 1.20. The number of aromatic nitrogens is 1. The maximum Gasteiger partial charge on any atom is 0.0611 e. The number of nitrogens with zero attached hydrogens (tertiary/aromatic N) is 1. The van der Waals surface area contributed by atoms with E-state index < -0.39 is 0 Å². The quantitative estimate of drug-likeness (QED) is 0.515. The number of para-hydroxylation sites is 1. The minimum Gasteiger partial charge on any atom is -0.276 e. The van der Waals surface area contributed by atoms with Gasteiger partial charge in [0.1, 0.15) is 0 Å². The van der Waals surface area contributed by atoms with Crippen LogP contribution in [0.5, 0.6) is 0 Å². The van der Waals surface area contributed by atoms with Crippen molar-refractivity contribution in [1.82, 2.24) is 4.57 Å². The molecule has 12 heavy (non-hydrogen) atoms. The van der Waals surface area contributed by atoms with E-state index in [9.17, 15) is 0 Å². The Morgan fingerprint density at radius 2 is 2.00 bits per heavy atom. The molecule has 0 aliphatic rings. The summed E-state index contributed by atoms with van der Waals surface area (Å²) in [5.41, 5.74) is 1.17. The first-order valence-corrected chi connectivity index (χ1v) is 3.90. The molecule has 1 aromatic heterocycles. The van der Waals surface area contributed by atoms with Crippen molar-refractivity contribution in [2.45, 2.75) is 6.92 Å². The molecule has 0 spiro atoms. The summed E-state index contributed by atoms with van der Waals surface area (Å²) in [5, 5.41) is 1.24. The number of fused-ring (bicyclic) bond motifs is 1. The van der Waals surface area contributed by atoms with Crippen LogP contribution in [0.25, 0.3) is 10.9 Å². The third-order valence-corrected chi connectivity index (χ3v) is 1.83. The summed E-state index contributed by atoms with van der Waals surface area (Å²) >= 11 is 0. The van der Waals surface area contributed by atoms with Crippen molar-refractivity contribution in [2.75, 3.05) is 0 Å². The number of rotatable bonds is 0. The van der Waals surface area contributed by atoms with Gasteiger partial charge in [-0.15, -0.1) is 0 Å². The molecule has 2 rings (SSSR count). The molecule has 0 saturated heterocycles. The Balaban J connectivity index is 2.76. The molecule has 0 radical (unpaired) electrons. The molecule has 0 fully saturated rings. The Kier molecular flexibility index (Phi) is 1.60. The molecule has 0 aliphatic heterocycles. The first-order chi connectivity index (χ1) is 5.92. The number of hydrogen-bond acceptors (Lipinski definition) is 0. The van der Waals surface area contributed by atoms with Gasteiger partial charge in [0.25, 0.3) is 0 Å². The summed E-state index contributed by atoms with van der Waals surface area (Å²) < 4.78 is 1.94. The highest BCUT2D eigenvalue weighted by molar-refractivity contribution is 5.80. The second kappa shape index (κ2) is 2.75. The average Bonchev–Trinajstić information content (AvgIpc) is 2.50. The molecule has 1 nitrogen and oxygen atoms in total. The van der Waals surface area contributed by atoms with Crippen molar-refractivity contribution in [3.8, 4) is 12.0 Å². The van der Waals surface area contributed by atoms with Crippen LogP contribution < -0.4 is 0 Å². The second-order valence-corrected chi connectivity index (χ2v) is 2.61. The lowest BCUT2D eigenvalue weighted by Crippen LogP contribution is -1.83. The lowest BCUT2D eigenvalue weighted by Gasteiger charge is -1.92. The zero-order chi connectivity index (χ0) is 8.39. The van der Waals surface area contributed by atoms with E-state index in [1.165, 1.54) is 10.9 Å². The van der Waals surface area contributed by atoms with Crippen LogP contribution in [-0.2, 0) is 0 Å². The van der Waals surface area contributed by atoms with Crippen LogP contribution in [0.1, 0.15) is 6.92 Å². The lowest BCUT2D eigenvalue weighted by atomic mass is 10.2. The normalized spacial score (nSPS) is 9.42. The third kappa shape index (κ3) is 0.981. The molecule has 0 amide bonds. The fourth-order valence-corrected chi connectivity index (χ4v) is 1.30. The van der Waals surface area contributed by atoms with Crippen LogP contribution in [0.4, 0.5) is 0 Å². The minimum absolute atomic E-state index is 1.17. The Labute approximate surface area is 71.6 Å². The molecule has 1 aromatic carbocycles. The molecule has 0 saturated carbocycles. The highest BCUT2D eigenvalue weighted by Crippen LogP contribution is 2.13. The van der Waals surface area contributed by atoms with Gasteiger partial charge in [0.15, 0.2) is 0 Å². The van der Waals surface area contributed by atoms with Gasteiger partial charge in [-0.1, -0.05) is 24.1 Å². The predicted octanol–water partition coefficient (Wildman–Crippen LogP) is 2.47. The Morgan fingerprint density at radius 1 is 1.17 bits per heavy atom. The maximum absolute atomic E-state index is 3.00. The van der Waals surface area contributed by atoms with E-state index in [1.807, 2.05) is 29.8 Å². The molecule has 58 valence electrons. The largest absolute Gasteiger partial charge is 0.276 e. The minimum atomic E-state index is 1.17. The van der Waals surface area contributed by atoms with Crippen molar-refractivity contribution >= 4 is 10.9 Å². The molecule has 1 heterocycles. The van der Waals surface area contributed by atoms with Crippen molar-refractivity contribution in [1.29, 1.82) is 0 Å². The molecular formula is C11H9N. The highest BCUT2D eigenvalue weighted by atomic mass is 14.9. The van der Waals surface area contributed by atoms with Gasteiger partial charge >= 0.3 is 0 Å². The average molecular weight is 155 g/mol. The van der Waals surface area contributed by atoms with Gasteiger partial charge in [0.2, 0.25) is 0 Å². The van der Waals surface area contributed by atoms with E-state index >= 15 is 0 Å². The van der Waals surface area contributed by atoms with Crippen LogP contribution in [0.15, 0.2) is 36.5 Å². The van der Waals surface area contributed by atoms with Crippen molar-refractivity contribution in [3.05, 3.63) is 36.5 Å². The molecule has 0 atom stereocenters. The first kappa shape index (κ1) is 7.00. The van der Waals surface area contributed by atoms with Gasteiger partial charge in [0.05, 0.1) is 5.52 Å². The summed E-state index contributed by atoms with van der Waals surface area (Å²) in [6.07, 6.45) is 1.99. The fraction of sp³-hybridized carbons (Fsp3) is 0.0909. The first-order valence-electron chi connectivity index (χ1n) is 3.90. The summed E-state index contributed by atoms with van der Waals surface area (Å²) in [7, 11) is 0. The van der Waals surface area contributed by atoms with Crippen LogP contribution in [0.3, 0.4) is 0 Å². The summed E-state index contributed by atoms with van der Waals surface area (Å²) in [6.45, 7) is 1.84. The Bertz CT molecular complexity index is 454. The fourth-order valence-electron chi connectivity index (χ4n) is 1.30. The van der Waals surface area contributed by atoms with Crippen molar-refractivity contribution in [3.63, 3.8) is 0 Å². The van der Waals surface area contributed by atoms with E-state index in [0.29, 0.717) is 0 Å². The van der Waals surface area contributed by atoms with Gasteiger partial charge in [-0.25, -0.2) is 0 Å². The van der Waals surface area contributed by atoms with E-state index in [-0.39, 0.29) is 0 Å². The second-order valence-electron chi connectivity index (χ2n) is 2.61. The topological polar surface area (TPSA) is 4.93 Å². The van der Waals surface area contributed by atoms with Gasteiger partial charge < -0.3 is 0 Å². The Morgan fingerprint density at radius 3 is 2.83 bits per heavy atom. The maximum atomic E-state index is 3.00. The molecular weight excluding hydrogens is 146 g/mol. The van der Waals surface area contributed by atoms with E-state index in [4.69, 9.17) is 0 Å². The predicted molar refractivity (Wildman–Crippen MR) is 50.8 cm³/mol. The molecule has 1 heteroatoms. The number of hydrogen-bond donors (Lipinski definition) is 0. The van der Waals surface area contributed by atoms with E-state index in [1.54, 1.807) is 0 Å². The molecule has 0 unspecified atom stereocenters. The van der Waals surface area contributed by atoms with E-state index in [2.05, 4.69) is 30.2 Å². The monoisotopic (exact) mass is 155 g/mol. The van der Waals surface area contributed by atoms with Crippen LogP contribution in [0.2, 0.25) is 0 Å².